The number of nitrogens with zero attached hydrogens (tertiary/aromatic N) is 2. The fraction of sp³-hybridized carbons (Fsp3) is 0.333. The lowest BCUT2D eigenvalue weighted by atomic mass is 10.1. The van der Waals surface area contributed by atoms with E-state index in [4.69, 9.17) is 0 Å². The predicted molar refractivity (Wildman–Crippen MR) is 104 cm³/mol. The van der Waals surface area contributed by atoms with Gasteiger partial charge in [-0.1, -0.05) is 18.2 Å². The van der Waals surface area contributed by atoms with Crippen LogP contribution in [0.5, 0.6) is 0 Å². The van der Waals surface area contributed by atoms with Crippen molar-refractivity contribution in [2.75, 3.05) is 6.54 Å². The molecule has 0 bridgehead atoms. The number of para-hydroxylation sites is 1. The van der Waals surface area contributed by atoms with E-state index in [0.717, 1.165) is 41.2 Å². The summed E-state index contributed by atoms with van der Waals surface area (Å²) in [6.45, 7) is 8.80. The molecule has 0 fully saturated rings. The van der Waals surface area contributed by atoms with Gasteiger partial charge >= 0.3 is 0 Å². The Morgan fingerprint density at radius 3 is 2.65 bits per heavy atom. The summed E-state index contributed by atoms with van der Waals surface area (Å²) in [5.74, 6) is -0.0122. The van der Waals surface area contributed by atoms with Crippen molar-refractivity contribution in [3.05, 3.63) is 70.3 Å². The second-order valence-corrected chi connectivity index (χ2v) is 6.79. The summed E-state index contributed by atoms with van der Waals surface area (Å²) in [6, 6.07) is 10.2. The number of H-pyrrole nitrogens is 1. The monoisotopic (exact) mass is 350 g/mol. The first kappa shape index (κ1) is 18.0. The van der Waals surface area contributed by atoms with Crippen LogP contribution in [0.4, 0.5) is 0 Å². The van der Waals surface area contributed by atoms with Crippen LogP contribution in [0.1, 0.15) is 45.0 Å². The van der Waals surface area contributed by atoms with Crippen molar-refractivity contribution in [3.8, 4) is 5.69 Å². The number of benzene rings is 1. The molecule has 26 heavy (non-hydrogen) atoms. The zero-order valence-electron chi connectivity index (χ0n) is 15.9. The Morgan fingerprint density at radius 2 is 1.96 bits per heavy atom. The number of aromatic amines is 1. The maximum absolute atomic E-state index is 12.6. The Labute approximate surface area is 154 Å². The predicted octanol–water partition coefficient (Wildman–Crippen LogP) is 3.80. The average Bonchev–Trinajstić information content (AvgIpc) is 3.15. The smallest absolute Gasteiger partial charge is 0.253 e. The molecular weight excluding hydrogens is 324 g/mol. The number of rotatable bonds is 6. The Kier molecular flexibility index (Phi) is 5.26. The van der Waals surface area contributed by atoms with Crippen molar-refractivity contribution in [2.24, 2.45) is 0 Å². The zero-order valence-corrected chi connectivity index (χ0v) is 15.9. The molecule has 0 saturated heterocycles. The van der Waals surface area contributed by atoms with Gasteiger partial charge in [-0.05, 0) is 63.8 Å². The minimum Gasteiger partial charge on any atom is -0.352 e. The number of amides is 1. The summed E-state index contributed by atoms with van der Waals surface area (Å²) >= 11 is 0. The van der Waals surface area contributed by atoms with E-state index in [9.17, 15) is 4.79 Å². The first-order valence-electron chi connectivity index (χ1n) is 9.01. The average molecular weight is 350 g/mol. The van der Waals surface area contributed by atoms with Gasteiger partial charge in [0.25, 0.3) is 5.91 Å². The minimum atomic E-state index is -0.0122. The van der Waals surface area contributed by atoms with Gasteiger partial charge in [-0.2, -0.15) is 5.10 Å². The van der Waals surface area contributed by atoms with Crippen LogP contribution < -0.4 is 5.32 Å². The second kappa shape index (κ2) is 7.60. The quantitative estimate of drug-likeness (QED) is 0.664. The SMILES string of the molecule is Cc1ccccc1-n1c(C)cc(C(=O)NCCCc2cn[nH]c2C)c1C. The number of carbonyl (C=O) groups excluding carboxylic acids is 1. The van der Waals surface area contributed by atoms with Crippen LogP contribution >= 0.6 is 0 Å². The number of nitrogens with one attached hydrogen (secondary N) is 2. The van der Waals surface area contributed by atoms with Crippen LogP contribution in [0.2, 0.25) is 0 Å². The third-order valence-electron chi connectivity index (χ3n) is 4.87. The highest BCUT2D eigenvalue weighted by atomic mass is 16.1. The largest absolute Gasteiger partial charge is 0.352 e. The van der Waals surface area contributed by atoms with Crippen molar-refractivity contribution in [1.82, 2.24) is 20.1 Å². The molecule has 0 aliphatic rings. The van der Waals surface area contributed by atoms with E-state index in [1.54, 1.807) is 0 Å². The third-order valence-corrected chi connectivity index (χ3v) is 4.87. The molecule has 3 aromatic rings. The maximum atomic E-state index is 12.6. The number of aromatic nitrogens is 3. The van der Waals surface area contributed by atoms with Crippen molar-refractivity contribution < 1.29 is 4.79 Å². The lowest BCUT2D eigenvalue weighted by molar-refractivity contribution is 0.0952. The van der Waals surface area contributed by atoms with Gasteiger partial charge in [0, 0.05) is 29.3 Å². The lowest BCUT2D eigenvalue weighted by Crippen LogP contribution is -2.25. The minimum absolute atomic E-state index is 0.0122. The molecular formula is C21H26N4O. The number of hydrogen-bond donors (Lipinski definition) is 2. The van der Waals surface area contributed by atoms with Gasteiger partial charge in [-0.15, -0.1) is 0 Å². The van der Waals surface area contributed by atoms with E-state index in [1.165, 1.54) is 11.1 Å². The zero-order chi connectivity index (χ0) is 18.7. The molecule has 1 amide bonds. The van der Waals surface area contributed by atoms with Crippen LogP contribution in [0.3, 0.4) is 0 Å². The summed E-state index contributed by atoms with van der Waals surface area (Å²) in [7, 11) is 0. The molecule has 3 rings (SSSR count). The van der Waals surface area contributed by atoms with Gasteiger partial charge in [0.05, 0.1) is 11.8 Å². The van der Waals surface area contributed by atoms with Crippen LogP contribution in [-0.4, -0.2) is 27.2 Å². The molecule has 2 aromatic heterocycles. The molecule has 5 nitrogen and oxygen atoms in total. The number of hydrogen-bond acceptors (Lipinski definition) is 2. The van der Waals surface area contributed by atoms with Gasteiger partial charge in [0.15, 0.2) is 0 Å². The molecule has 0 aliphatic carbocycles. The molecule has 0 atom stereocenters. The van der Waals surface area contributed by atoms with Crippen molar-refractivity contribution in [1.29, 1.82) is 0 Å². The molecule has 0 spiro atoms. The van der Waals surface area contributed by atoms with Crippen molar-refractivity contribution in [2.45, 2.75) is 40.5 Å². The third kappa shape index (κ3) is 3.57. The van der Waals surface area contributed by atoms with Crippen molar-refractivity contribution in [3.63, 3.8) is 0 Å². The first-order chi connectivity index (χ1) is 12.5. The Hall–Kier alpha value is -2.82. The summed E-state index contributed by atoms with van der Waals surface area (Å²) in [5.41, 5.74) is 7.39. The van der Waals surface area contributed by atoms with Gasteiger partial charge in [-0.25, -0.2) is 0 Å². The van der Waals surface area contributed by atoms with Crippen LogP contribution in [-0.2, 0) is 6.42 Å². The first-order valence-corrected chi connectivity index (χ1v) is 9.01. The Balaban J connectivity index is 1.68. The molecule has 136 valence electrons. The van der Waals surface area contributed by atoms with Gasteiger partial charge in [0.1, 0.15) is 0 Å². The van der Waals surface area contributed by atoms with Crippen molar-refractivity contribution >= 4 is 5.91 Å². The summed E-state index contributed by atoms with van der Waals surface area (Å²) in [5, 5.41) is 10.0. The van der Waals surface area contributed by atoms with Gasteiger partial charge in [-0.3, -0.25) is 9.89 Å². The molecule has 0 aliphatic heterocycles. The van der Waals surface area contributed by atoms with E-state index in [-0.39, 0.29) is 5.91 Å². The summed E-state index contributed by atoms with van der Waals surface area (Å²) in [6.07, 6.45) is 3.65. The molecule has 2 heterocycles. The molecule has 0 saturated carbocycles. The fourth-order valence-electron chi connectivity index (χ4n) is 3.38. The van der Waals surface area contributed by atoms with Crippen LogP contribution in [0.15, 0.2) is 36.5 Å². The Bertz CT molecular complexity index is 920. The highest BCUT2D eigenvalue weighted by Crippen LogP contribution is 2.23. The summed E-state index contributed by atoms with van der Waals surface area (Å²) < 4.78 is 2.15. The Morgan fingerprint density at radius 1 is 1.19 bits per heavy atom. The van der Waals surface area contributed by atoms with Crippen LogP contribution in [0.25, 0.3) is 5.69 Å². The highest BCUT2D eigenvalue weighted by Gasteiger charge is 2.17. The molecule has 1 aromatic carbocycles. The molecule has 2 N–H and O–H groups in total. The van der Waals surface area contributed by atoms with E-state index in [1.807, 2.05) is 45.2 Å². The van der Waals surface area contributed by atoms with Gasteiger partial charge in [0.2, 0.25) is 0 Å². The summed E-state index contributed by atoms with van der Waals surface area (Å²) in [4.78, 5) is 12.6. The van der Waals surface area contributed by atoms with E-state index in [2.05, 4.69) is 39.1 Å². The van der Waals surface area contributed by atoms with E-state index in [0.29, 0.717) is 6.54 Å². The second-order valence-electron chi connectivity index (χ2n) is 6.79. The lowest BCUT2D eigenvalue weighted by Gasteiger charge is -2.12. The van der Waals surface area contributed by atoms with Crippen LogP contribution in [0, 0.1) is 27.7 Å². The number of aryl methyl sites for hydroxylation is 4. The standard InChI is InChI=1S/C21H26N4O/c1-14-8-5-6-10-20(14)25-15(2)12-19(17(25)4)21(26)22-11-7-9-18-13-23-24-16(18)3/h5-6,8,10,12-13H,7,9,11H2,1-4H3,(H,22,26)(H,23,24). The fourth-order valence-corrected chi connectivity index (χ4v) is 3.38. The molecule has 0 radical (unpaired) electrons. The van der Waals surface area contributed by atoms with E-state index < -0.39 is 0 Å². The molecule has 5 heteroatoms. The normalized spacial score (nSPS) is 10.9. The maximum Gasteiger partial charge on any atom is 0.253 e. The molecule has 0 unspecified atom stereocenters. The number of carbonyl (C=O) groups is 1. The van der Waals surface area contributed by atoms with E-state index >= 15 is 0 Å². The topological polar surface area (TPSA) is 62.7 Å². The van der Waals surface area contributed by atoms with Gasteiger partial charge < -0.3 is 9.88 Å². The highest BCUT2D eigenvalue weighted by molar-refractivity contribution is 5.95.